The predicted molar refractivity (Wildman–Crippen MR) is 139 cm³/mol. The number of hydrogen-bond donors (Lipinski definition) is 1. The molecule has 35 heavy (non-hydrogen) atoms. The Morgan fingerprint density at radius 2 is 1.60 bits per heavy atom. The second kappa shape index (κ2) is 11.2. The molecule has 5 heteroatoms. The monoisotopic (exact) mass is 471 g/mol. The summed E-state index contributed by atoms with van der Waals surface area (Å²) in [6, 6.07) is 20.2. The number of aliphatic hydroxyl groups is 1. The second-order valence-corrected chi connectivity index (χ2v) is 8.99. The number of ketones is 1. The highest BCUT2D eigenvalue weighted by Gasteiger charge is 2.46. The van der Waals surface area contributed by atoms with Gasteiger partial charge in [-0.25, -0.2) is 0 Å². The number of carbonyl (C=O) groups is 2. The highest BCUT2D eigenvalue weighted by molar-refractivity contribution is 6.46. The molecule has 1 aliphatic heterocycles. The molecule has 1 unspecified atom stereocenters. The van der Waals surface area contributed by atoms with Crippen LogP contribution in [0.2, 0.25) is 0 Å². The molecule has 1 amide bonds. The Bertz CT molecular complexity index is 1220. The van der Waals surface area contributed by atoms with Gasteiger partial charge in [0.2, 0.25) is 0 Å². The van der Waals surface area contributed by atoms with Gasteiger partial charge in [0.25, 0.3) is 11.7 Å². The highest BCUT2D eigenvalue weighted by atomic mass is 16.5. The van der Waals surface area contributed by atoms with Crippen LogP contribution in [0.4, 0.5) is 0 Å². The third-order valence-corrected chi connectivity index (χ3v) is 6.55. The molecular weight excluding hydrogens is 438 g/mol. The van der Waals surface area contributed by atoms with Crippen molar-refractivity contribution in [3.05, 3.63) is 83.4 Å². The fourth-order valence-corrected chi connectivity index (χ4v) is 4.66. The van der Waals surface area contributed by atoms with Gasteiger partial charge in [-0.3, -0.25) is 9.59 Å². The summed E-state index contributed by atoms with van der Waals surface area (Å²) in [5.41, 5.74) is 1.47. The van der Waals surface area contributed by atoms with Crippen molar-refractivity contribution in [3.8, 4) is 5.75 Å². The molecule has 0 bridgehead atoms. The first kappa shape index (κ1) is 24.5. The minimum absolute atomic E-state index is 0.138. The molecule has 0 spiro atoms. The average molecular weight is 472 g/mol. The van der Waals surface area contributed by atoms with Gasteiger partial charge in [0.15, 0.2) is 0 Å². The largest absolute Gasteiger partial charge is 0.507 e. The first-order valence-corrected chi connectivity index (χ1v) is 12.6. The number of rotatable bonds is 10. The molecule has 5 nitrogen and oxygen atoms in total. The second-order valence-electron chi connectivity index (χ2n) is 8.99. The normalized spacial score (nSPS) is 17.3. The number of Topliss-reactive ketones (excluding diaryl/α,β-unsaturated/α-hetero) is 1. The topological polar surface area (TPSA) is 66.8 Å². The van der Waals surface area contributed by atoms with E-state index in [1.807, 2.05) is 42.5 Å². The van der Waals surface area contributed by atoms with E-state index in [2.05, 4.69) is 13.8 Å². The number of hydrogen-bond acceptors (Lipinski definition) is 4. The molecule has 1 aliphatic rings. The van der Waals surface area contributed by atoms with Crippen molar-refractivity contribution in [2.75, 3.05) is 13.2 Å². The first-order valence-electron chi connectivity index (χ1n) is 12.6. The van der Waals surface area contributed by atoms with Crippen LogP contribution >= 0.6 is 0 Å². The van der Waals surface area contributed by atoms with Crippen molar-refractivity contribution in [3.63, 3.8) is 0 Å². The third kappa shape index (κ3) is 5.09. The van der Waals surface area contributed by atoms with Gasteiger partial charge in [0.1, 0.15) is 11.5 Å². The van der Waals surface area contributed by atoms with Crippen LogP contribution in [0.25, 0.3) is 16.5 Å². The molecule has 1 atom stereocenters. The van der Waals surface area contributed by atoms with E-state index in [-0.39, 0.29) is 11.3 Å². The lowest BCUT2D eigenvalue weighted by molar-refractivity contribution is -0.139. The number of unbranched alkanes of at least 4 members (excludes halogenated alkanes) is 3. The van der Waals surface area contributed by atoms with Crippen molar-refractivity contribution < 1.29 is 19.4 Å². The summed E-state index contributed by atoms with van der Waals surface area (Å²) in [6.07, 6.45) is 4.91. The Morgan fingerprint density at radius 3 is 2.34 bits per heavy atom. The molecule has 3 aromatic carbocycles. The minimum atomic E-state index is -0.642. The fourth-order valence-electron chi connectivity index (χ4n) is 4.66. The Hall–Kier alpha value is -3.60. The van der Waals surface area contributed by atoms with Gasteiger partial charge in [0, 0.05) is 12.1 Å². The van der Waals surface area contributed by atoms with E-state index in [1.54, 1.807) is 29.2 Å². The number of amides is 1. The van der Waals surface area contributed by atoms with Crippen LogP contribution in [0.5, 0.6) is 5.75 Å². The van der Waals surface area contributed by atoms with Gasteiger partial charge >= 0.3 is 0 Å². The third-order valence-electron chi connectivity index (χ3n) is 6.55. The summed E-state index contributed by atoms with van der Waals surface area (Å²) >= 11 is 0. The molecule has 182 valence electrons. The van der Waals surface area contributed by atoms with Gasteiger partial charge in [-0.15, -0.1) is 0 Å². The Balaban J connectivity index is 1.76. The van der Waals surface area contributed by atoms with Crippen molar-refractivity contribution in [1.29, 1.82) is 0 Å². The van der Waals surface area contributed by atoms with Crippen LogP contribution in [0, 0.1) is 0 Å². The maximum Gasteiger partial charge on any atom is 0.295 e. The summed E-state index contributed by atoms with van der Waals surface area (Å²) in [6.45, 7) is 5.30. The molecule has 3 aromatic rings. The summed E-state index contributed by atoms with van der Waals surface area (Å²) < 4.78 is 5.78. The van der Waals surface area contributed by atoms with Gasteiger partial charge in [-0.1, -0.05) is 75.6 Å². The number of likely N-dealkylation sites (tertiary alicyclic amines) is 1. The number of ether oxygens (including phenoxy) is 1. The van der Waals surface area contributed by atoms with Crippen LogP contribution in [-0.4, -0.2) is 34.8 Å². The molecule has 0 aliphatic carbocycles. The van der Waals surface area contributed by atoms with Crippen LogP contribution < -0.4 is 4.74 Å². The maximum atomic E-state index is 13.2. The lowest BCUT2D eigenvalue weighted by Gasteiger charge is -2.26. The highest BCUT2D eigenvalue weighted by Crippen LogP contribution is 2.42. The minimum Gasteiger partial charge on any atom is -0.507 e. The van der Waals surface area contributed by atoms with E-state index >= 15 is 0 Å². The summed E-state index contributed by atoms with van der Waals surface area (Å²) in [7, 11) is 0. The van der Waals surface area contributed by atoms with E-state index in [1.165, 1.54) is 0 Å². The predicted octanol–water partition coefficient (Wildman–Crippen LogP) is 6.63. The summed E-state index contributed by atoms with van der Waals surface area (Å²) in [4.78, 5) is 28.0. The smallest absolute Gasteiger partial charge is 0.295 e. The molecule has 0 saturated carbocycles. The number of carbonyl (C=O) groups excluding carboxylic acids is 2. The number of aliphatic hydroxyl groups excluding tert-OH is 1. The van der Waals surface area contributed by atoms with E-state index in [0.29, 0.717) is 24.5 Å². The molecular formula is C30H33NO4. The quantitative estimate of drug-likeness (QED) is 0.156. The SMILES string of the molecule is CCCCCOc1ccc(/C(O)=C2/C(=O)C(=O)N(CCCC)C2c2cccc3ccccc23)cc1. The van der Waals surface area contributed by atoms with Crippen LogP contribution in [0.1, 0.15) is 63.1 Å². The lowest BCUT2D eigenvalue weighted by atomic mass is 9.91. The number of nitrogens with zero attached hydrogens (tertiary/aromatic N) is 1. The van der Waals surface area contributed by atoms with Gasteiger partial charge in [-0.2, -0.15) is 0 Å². The van der Waals surface area contributed by atoms with Crippen molar-refractivity contribution >= 4 is 28.2 Å². The zero-order chi connectivity index (χ0) is 24.8. The van der Waals surface area contributed by atoms with E-state index < -0.39 is 17.7 Å². The standard InChI is InChI=1S/C30H33NO4/c1-3-5-9-20-35-23-17-15-22(16-18-23)28(32)26-27(31(19-6-4-2)30(34)29(26)33)25-14-10-12-21-11-7-8-13-24(21)25/h7-8,10-18,27,32H,3-6,9,19-20H2,1-2H3/b28-26-. The Morgan fingerprint density at radius 1 is 0.886 bits per heavy atom. The molecule has 1 N–H and O–H groups in total. The van der Waals surface area contributed by atoms with E-state index in [4.69, 9.17) is 4.74 Å². The summed E-state index contributed by atoms with van der Waals surface area (Å²) in [5, 5.41) is 13.3. The van der Waals surface area contributed by atoms with Crippen molar-refractivity contribution in [2.45, 2.75) is 52.0 Å². The molecule has 1 heterocycles. The first-order chi connectivity index (χ1) is 17.1. The maximum absolute atomic E-state index is 13.2. The van der Waals surface area contributed by atoms with Crippen molar-refractivity contribution in [1.82, 2.24) is 4.90 Å². The summed E-state index contributed by atoms with van der Waals surface area (Å²) in [5.74, 6) is -0.644. The van der Waals surface area contributed by atoms with Gasteiger partial charge in [-0.05, 0) is 53.4 Å². The van der Waals surface area contributed by atoms with Crippen molar-refractivity contribution in [2.24, 2.45) is 0 Å². The van der Waals surface area contributed by atoms with Gasteiger partial charge < -0.3 is 14.7 Å². The van der Waals surface area contributed by atoms with E-state index in [0.717, 1.165) is 48.4 Å². The zero-order valence-corrected chi connectivity index (χ0v) is 20.5. The van der Waals surface area contributed by atoms with Crippen LogP contribution in [0.15, 0.2) is 72.3 Å². The lowest BCUT2D eigenvalue weighted by Crippen LogP contribution is -2.30. The van der Waals surface area contributed by atoms with Crippen LogP contribution in [0.3, 0.4) is 0 Å². The molecule has 1 fully saturated rings. The number of fused-ring (bicyclic) bond motifs is 1. The van der Waals surface area contributed by atoms with Crippen LogP contribution in [-0.2, 0) is 9.59 Å². The Kier molecular flexibility index (Phi) is 7.86. The Labute approximate surface area is 207 Å². The molecule has 0 aromatic heterocycles. The molecule has 4 rings (SSSR count). The number of benzene rings is 3. The fraction of sp³-hybridized carbons (Fsp3) is 0.333. The van der Waals surface area contributed by atoms with E-state index in [9.17, 15) is 14.7 Å². The molecule has 0 radical (unpaired) electrons. The zero-order valence-electron chi connectivity index (χ0n) is 20.5. The average Bonchev–Trinajstić information content (AvgIpc) is 3.14. The molecule has 1 saturated heterocycles. The van der Waals surface area contributed by atoms with Gasteiger partial charge in [0.05, 0.1) is 18.2 Å².